The molecule has 9 atom stereocenters. The van der Waals surface area contributed by atoms with Gasteiger partial charge in [-0.2, -0.15) is 0 Å². The van der Waals surface area contributed by atoms with Crippen LogP contribution in [-0.2, 0) is 44.7 Å². The molecular formula is C45H70N6O9. The van der Waals surface area contributed by atoms with Crippen LogP contribution in [0.4, 0.5) is 0 Å². The first-order valence-electron chi connectivity index (χ1n) is 21.0. The van der Waals surface area contributed by atoms with E-state index in [1.807, 2.05) is 65.0 Å². The van der Waals surface area contributed by atoms with Gasteiger partial charge >= 0.3 is 5.97 Å². The molecule has 5 N–H and O–H groups in total. The Balaban J connectivity index is 2.63. The van der Waals surface area contributed by atoms with Crippen LogP contribution < -0.4 is 21.3 Å². The number of nitrogens with zero attached hydrogens (tertiary/aromatic N) is 2. The van der Waals surface area contributed by atoms with E-state index in [0.717, 1.165) is 16.7 Å². The predicted molar refractivity (Wildman–Crippen MR) is 230 cm³/mol. The zero-order valence-corrected chi connectivity index (χ0v) is 37.9. The first-order valence-corrected chi connectivity index (χ1v) is 21.0. The number of carbonyl (C=O) groups is 7. The Morgan fingerprint density at radius 1 is 0.867 bits per heavy atom. The highest BCUT2D eigenvalue weighted by molar-refractivity contribution is 5.96. The van der Waals surface area contributed by atoms with Gasteiger partial charge in [-0.25, -0.2) is 4.79 Å². The second-order valence-corrected chi connectivity index (χ2v) is 16.8. The summed E-state index contributed by atoms with van der Waals surface area (Å²) in [6.07, 6.45) is 1.81. The van der Waals surface area contributed by atoms with Gasteiger partial charge in [0.1, 0.15) is 24.2 Å². The molecule has 15 heteroatoms. The second kappa shape index (κ2) is 23.7. The van der Waals surface area contributed by atoms with Crippen molar-refractivity contribution in [2.75, 3.05) is 20.6 Å². The minimum atomic E-state index is -1.25. The summed E-state index contributed by atoms with van der Waals surface area (Å²) in [5, 5.41) is 22.4. The lowest BCUT2D eigenvalue weighted by Gasteiger charge is -2.33. The van der Waals surface area contributed by atoms with E-state index in [1.165, 1.54) is 50.7 Å². The number of benzene rings is 1. The van der Waals surface area contributed by atoms with E-state index in [1.54, 1.807) is 20.8 Å². The Morgan fingerprint density at radius 2 is 1.47 bits per heavy atom. The minimum absolute atomic E-state index is 0.0185. The molecule has 2 rings (SSSR count). The Bertz CT molecular complexity index is 1740. The number of aliphatic hydroxyl groups is 1. The van der Waals surface area contributed by atoms with Crippen LogP contribution in [-0.4, -0.2) is 119 Å². The molecule has 0 saturated carbocycles. The van der Waals surface area contributed by atoms with Gasteiger partial charge in [-0.1, -0.05) is 88.6 Å². The number of esters is 1. The zero-order valence-electron chi connectivity index (χ0n) is 37.9. The number of likely N-dealkylation sites (N-methyl/N-ethyl adjacent to an activating group) is 2. The van der Waals surface area contributed by atoms with E-state index in [4.69, 9.17) is 4.74 Å². The first kappa shape index (κ1) is 51.1. The van der Waals surface area contributed by atoms with Crippen LogP contribution in [0, 0.1) is 24.7 Å². The van der Waals surface area contributed by atoms with Crippen molar-refractivity contribution in [1.29, 1.82) is 0 Å². The van der Waals surface area contributed by atoms with E-state index in [2.05, 4.69) is 21.3 Å². The third kappa shape index (κ3) is 14.9. The summed E-state index contributed by atoms with van der Waals surface area (Å²) in [7, 11) is 2.87. The largest absolute Gasteiger partial charge is 0.449 e. The summed E-state index contributed by atoms with van der Waals surface area (Å²) in [6.45, 7) is 18.7. The molecule has 1 aliphatic rings. The average molecular weight is 839 g/mol. The summed E-state index contributed by atoms with van der Waals surface area (Å²) in [5.74, 6) is -5.35. The minimum Gasteiger partial charge on any atom is -0.449 e. The standard InChI is InChI=1S/C45H70N6O9/c1-14-27(6)38-30(9)35(52)21-18-29(8)45(59)60-36(22-25(3)4)41(55)47-32(11)43(57)51(13)34(23-33-19-16-26(5)17-20-33)44(58)50(12)24-37(53)48-39(28(7)15-2)42(56)46-31(10)40(54)49-38/h14,16-20,25,28,30-32,34-36,38-39,52H,15,21-24H2,1-13H3,(H,46,56)(H,47,55)(H,48,53)(H,49,54)/b27-14+,29-18+/t28?,30-,31+,32-,34+,35-,36+,38+,39-/m0/s1. The highest BCUT2D eigenvalue weighted by Gasteiger charge is 2.36. The van der Waals surface area contributed by atoms with Gasteiger partial charge in [-0.05, 0) is 71.8 Å². The highest BCUT2D eigenvalue weighted by atomic mass is 16.5. The van der Waals surface area contributed by atoms with Crippen molar-refractivity contribution in [2.24, 2.45) is 17.8 Å². The number of carbonyl (C=O) groups excluding carboxylic acids is 7. The Kier molecular flexibility index (Phi) is 20.2. The smallest absolute Gasteiger partial charge is 0.334 e. The topological polar surface area (TPSA) is 204 Å². The molecule has 15 nitrogen and oxygen atoms in total. The monoisotopic (exact) mass is 839 g/mol. The average Bonchev–Trinajstić information content (AvgIpc) is 3.20. The molecule has 1 unspecified atom stereocenters. The quantitative estimate of drug-likeness (QED) is 0.202. The number of rotatable bonds is 7. The molecule has 1 heterocycles. The fourth-order valence-corrected chi connectivity index (χ4v) is 6.80. The molecule has 0 radical (unpaired) electrons. The van der Waals surface area contributed by atoms with Gasteiger partial charge < -0.3 is 40.9 Å². The summed E-state index contributed by atoms with van der Waals surface area (Å²) in [5.41, 5.74) is 2.66. The molecule has 0 aromatic heterocycles. The number of ether oxygens (including phenoxy) is 1. The fraction of sp³-hybridized carbons (Fsp3) is 0.622. The van der Waals surface area contributed by atoms with E-state index >= 15 is 0 Å². The lowest BCUT2D eigenvalue weighted by atomic mass is 9.88. The van der Waals surface area contributed by atoms with Crippen LogP contribution >= 0.6 is 0 Å². The zero-order chi connectivity index (χ0) is 45.6. The number of cyclic esters (lactones) is 1. The van der Waals surface area contributed by atoms with E-state index in [0.29, 0.717) is 6.42 Å². The number of hydrogen-bond acceptors (Lipinski definition) is 9. The molecule has 6 amide bonds. The van der Waals surface area contributed by atoms with E-state index in [9.17, 15) is 38.7 Å². The molecule has 1 aromatic carbocycles. The van der Waals surface area contributed by atoms with Gasteiger partial charge in [-0.3, -0.25) is 28.8 Å². The van der Waals surface area contributed by atoms with Crippen LogP contribution in [0.2, 0.25) is 0 Å². The normalized spacial score (nSPS) is 28.6. The number of aliphatic hydroxyl groups excluding tert-OH is 1. The van der Waals surface area contributed by atoms with Gasteiger partial charge in [0, 0.05) is 32.0 Å². The number of aryl methyl sites for hydroxylation is 1. The summed E-state index contributed by atoms with van der Waals surface area (Å²) in [6, 6.07) is 2.47. The van der Waals surface area contributed by atoms with Crippen molar-refractivity contribution in [3.05, 3.63) is 58.7 Å². The van der Waals surface area contributed by atoms with Crippen molar-refractivity contribution >= 4 is 41.4 Å². The lowest BCUT2D eigenvalue weighted by Crippen LogP contribution is -2.58. The Labute approximate surface area is 356 Å². The fourth-order valence-electron chi connectivity index (χ4n) is 6.80. The first-order chi connectivity index (χ1) is 28.0. The maximum Gasteiger partial charge on any atom is 0.334 e. The third-order valence-electron chi connectivity index (χ3n) is 11.3. The van der Waals surface area contributed by atoms with Gasteiger partial charge in [-0.15, -0.1) is 0 Å². The lowest BCUT2D eigenvalue weighted by molar-refractivity contribution is -0.154. The predicted octanol–water partition coefficient (Wildman–Crippen LogP) is 3.12. The van der Waals surface area contributed by atoms with Crippen molar-refractivity contribution in [2.45, 2.75) is 144 Å². The van der Waals surface area contributed by atoms with Crippen LogP contribution in [0.3, 0.4) is 0 Å². The molecule has 0 aliphatic carbocycles. The summed E-state index contributed by atoms with van der Waals surface area (Å²) in [4.78, 5) is 98.4. The molecule has 1 aromatic rings. The van der Waals surface area contributed by atoms with Crippen LogP contribution in [0.5, 0.6) is 0 Å². The second-order valence-electron chi connectivity index (χ2n) is 16.8. The maximum atomic E-state index is 14.2. The third-order valence-corrected chi connectivity index (χ3v) is 11.3. The molecule has 1 aliphatic heterocycles. The van der Waals surface area contributed by atoms with Crippen LogP contribution in [0.1, 0.15) is 99.6 Å². The molecule has 0 spiro atoms. The molecular weight excluding hydrogens is 769 g/mol. The highest BCUT2D eigenvalue weighted by Crippen LogP contribution is 2.21. The van der Waals surface area contributed by atoms with Gasteiger partial charge in [0.15, 0.2) is 6.10 Å². The van der Waals surface area contributed by atoms with Crippen molar-refractivity contribution in [1.82, 2.24) is 31.1 Å². The molecule has 334 valence electrons. The van der Waals surface area contributed by atoms with Crippen LogP contribution in [0.25, 0.3) is 0 Å². The van der Waals surface area contributed by atoms with Crippen LogP contribution in [0.15, 0.2) is 47.6 Å². The SMILES string of the molecule is C/C=C(\C)[C@H]1NC(=O)[C@@H](C)NC(=O)[C@H](C(C)CC)NC(=O)CN(C)C(=O)[C@@H](Cc2ccc(C)cc2)N(C)C(=O)[C@H](C)NC(=O)[C@@H](CC(C)C)OC(=O)/C(C)=C/C[C@H](O)[C@@H]1C. The van der Waals surface area contributed by atoms with Gasteiger partial charge in [0.25, 0.3) is 5.91 Å². The Morgan fingerprint density at radius 3 is 2.03 bits per heavy atom. The molecule has 0 fully saturated rings. The molecule has 0 saturated heterocycles. The number of nitrogens with one attached hydrogen (secondary N) is 4. The van der Waals surface area contributed by atoms with Crippen molar-refractivity contribution in [3.63, 3.8) is 0 Å². The number of allylic oxidation sites excluding steroid dienone is 1. The van der Waals surface area contributed by atoms with E-state index in [-0.39, 0.29) is 36.7 Å². The Hall–Kier alpha value is -5.05. The van der Waals surface area contributed by atoms with E-state index < -0.39 is 96.3 Å². The molecule has 60 heavy (non-hydrogen) atoms. The number of hydrogen-bond donors (Lipinski definition) is 5. The van der Waals surface area contributed by atoms with Crippen molar-refractivity contribution < 1.29 is 43.4 Å². The van der Waals surface area contributed by atoms with Gasteiger partial charge in [0.05, 0.1) is 18.7 Å². The summed E-state index contributed by atoms with van der Waals surface area (Å²) < 4.78 is 5.69. The summed E-state index contributed by atoms with van der Waals surface area (Å²) >= 11 is 0. The maximum absolute atomic E-state index is 14.2. The van der Waals surface area contributed by atoms with Crippen molar-refractivity contribution in [3.8, 4) is 0 Å². The number of amides is 6. The molecule has 0 bridgehead atoms. The van der Waals surface area contributed by atoms with Gasteiger partial charge in [0.2, 0.25) is 29.5 Å².